The van der Waals surface area contributed by atoms with Crippen molar-refractivity contribution in [2.24, 2.45) is 5.73 Å². The third kappa shape index (κ3) is 3.03. The molecule has 3 aromatic carbocycles. The van der Waals surface area contributed by atoms with E-state index in [1.54, 1.807) is 18.2 Å². The lowest BCUT2D eigenvalue weighted by Gasteiger charge is -2.19. The maximum Gasteiger partial charge on any atom is 0.349 e. The van der Waals surface area contributed by atoms with Crippen LogP contribution in [0.15, 0.2) is 66.7 Å². The molecular weight excluding hydrogens is 290 g/mol. The fourth-order valence-electron chi connectivity index (χ4n) is 2.65. The van der Waals surface area contributed by atoms with Crippen LogP contribution in [0.5, 0.6) is 5.75 Å². The summed E-state index contributed by atoms with van der Waals surface area (Å²) in [6.45, 7) is 0.263. The maximum absolute atomic E-state index is 11.7. The Kier molecular flexibility index (Phi) is 4.26. The zero-order valence-electron chi connectivity index (χ0n) is 12.5. The zero-order chi connectivity index (χ0) is 16.2. The molecule has 0 amide bonds. The molecule has 116 valence electrons. The van der Waals surface area contributed by atoms with Gasteiger partial charge >= 0.3 is 5.97 Å². The van der Waals surface area contributed by atoms with Crippen LogP contribution in [0.4, 0.5) is 0 Å². The third-order valence-electron chi connectivity index (χ3n) is 3.78. The lowest BCUT2D eigenvalue weighted by atomic mass is 10.0. The fourth-order valence-corrected chi connectivity index (χ4v) is 2.65. The highest BCUT2D eigenvalue weighted by atomic mass is 16.5. The van der Waals surface area contributed by atoms with Crippen LogP contribution in [0.2, 0.25) is 0 Å². The minimum atomic E-state index is -1.10. The number of hydrogen-bond donors (Lipinski definition) is 2. The van der Waals surface area contributed by atoms with Crippen LogP contribution in [0.3, 0.4) is 0 Å². The standard InChI is InChI=1S/C19H17NO3/c20-12-14-7-2-4-10-16(14)18(19(21)22)23-17-11-5-8-13-6-1-3-9-15(13)17/h1-11,18H,12,20H2,(H,21,22). The normalized spacial score (nSPS) is 12.0. The molecule has 3 N–H and O–H groups in total. The highest BCUT2D eigenvalue weighted by Crippen LogP contribution is 2.30. The molecule has 3 rings (SSSR count). The summed E-state index contributed by atoms with van der Waals surface area (Å²) in [6.07, 6.45) is -1.10. The van der Waals surface area contributed by atoms with Crippen LogP contribution >= 0.6 is 0 Å². The third-order valence-corrected chi connectivity index (χ3v) is 3.78. The van der Waals surface area contributed by atoms with E-state index in [0.29, 0.717) is 11.3 Å². The number of carboxylic acid groups (broad SMARTS) is 1. The van der Waals surface area contributed by atoms with Gasteiger partial charge in [-0.25, -0.2) is 4.79 Å². The van der Waals surface area contributed by atoms with Crippen molar-refractivity contribution in [1.29, 1.82) is 0 Å². The van der Waals surface area contributed by atoms with Crippen molar-refractivity contribution in [2.75, 3.05) is 0 Å². The van der Waals surface area contributed by atoms with Crippen LogP contribution in [0.25, 0.3) is 10.8 Å². The van der Waals surface area contributed by atoms with E-state index in [1.165, 1.54) is 0 Å². The van der Waals surface area contributed by atoms with Gasteiger partial charge in [0.25, 0.3) is 0 Å². The summed E-state index contributed by atoms with van der Waals surface area (Å²) >= 11 is 0. The second-order valence-corrected chi connectivity index (χ2v) is 5.22. The summed E-state index contributed by atoms with van der Waals surface area (Å²) in [5.41, 5.74) is 7.07. The molecule has 0 spiro atoms. The number of fused-ring (bicyclic) bond motifs is 1. The average molecular weight is 307 g/mol. The fraction of sp³-hybridized carbons (Fsp3) is 0.105. The van der Waals surface area contributed by atoms with Gasteiger partial charge in [0, 0.05) is 17.5 Å². The van der Waals surface area contributed by atoms with E-state index in [-0.39, 0.29) is 6.54 Å². The van der Waals surface area contributed by atoms with Crippen LogP contribution in [0, 0.1) is 0 Å². The molecule has 1 unspecified atom stereocenters. The molecular formula is C19H17NO3. The van der Waals surface area contributed by atoms with Gasteiger partial charge in [-0.3, -0.25) is 0 Å². The first-order valence-electron chi connectivity index (χ1n) is 7.36. The Morgan fingerprint density at radius 3 is 2.48 bits per heavy atom. The van der Waals surface area contributed by atoms with Crippen LogP contribution < -0.4 is 10.5 Å². The molecule has 0 bridgehead atoms. The van der Waals surface area contributed by atoms with Crippen molar-refractivity contribution in [3.8, 4) is 5.75 Å². The number of carboxylic acids is 1. The van der Waals surface area contributed by atoms with Gasteiger partial charge in [-0.1, -0.05) is 60.7 Å². The monoisotopic (exact) mass is 307 g/mol. The van der Waals surface area contributed by atoms with Crippen molar-refractivity contribution in [2.45, 2.75) is 12.6 Å². The lowest BCUT2D eigenvalue weighted by Crippen LogP contribution is -2.20. The van der Waals surface area contributed by atoms with Gasteiger partial charge in [0.05, 0.1) is 0 Å². The van der Waals surface area contributed by atoms with Crippen molar-refractivity contribution in [1.82, 2.24) is 0 Å². The largest absolute Gasteiger partial charge is 0.478 e. The Morgan fingerprint density at radius 2 is 1.70 bits per heavy atom. The number of aliphatic carboxylic acids is 1. The summed E-state index contributed by atoms with van der Waals surface area (Å²) in [5.74, 6) is -0.499. The molecule has 1 atom stereocenters. The molecule has 0 aliphatic carbocycles. The molecule has 3 aromatic rings. The molecule has 0 heterocycles. The number of benzene rings is 3. The Morgan fingerprint density at radius 1 is 1.00 bits per heavy atom. The molecule has 0 aromatic heterocycles. The Balaban J connectivity index is 2.04. The van der Waals surface area contributed by atoms with Gasteiger partial charge in [0.2, 0.25) is 6.10 Å². The van der Waals surface area contributed by atoms with Crippen LogP contribution in [-0.2, 0) is 11.3 Å². The van der Waals surface area contributed by atoms with E-state index < -0.39 is 12.1 Å². The number of nitrogens with two attached hydrogens (primary N) is 1. The maximum atomic E-state index is 11.7. The topological polar surface area (TPSA) is 72.5 Å². The quantitative estimate of drug-likeness (QED) is 0.756. The minimum Gasteiger partial charge on any atom is -0.478 e. The molecule has 0 fully saturated rings. The lowest BCUT2D eigenvalue weighted by molar-refractivity contribution is -0.145. The number of carbonyl (C=O) groups is 1. The summed E-state index contributed by atoms with van der Waals surface area (Å²) in [7, 11) is 0. The summed E-state index contributed by atoms with van der Waals surface area (Å²) in [6, 6.07) is 20.5. The van der Waals surface area contributed by atoms with Crippen LogP contribution in [0.1, 0.15) is 17.2 Å². The molecule has 4 nitrogen and oxygen atoms in total. The van der Waals surface area contributed by atoms with Gasteiger partial charge in [-0.05, 0) is 17.0 Å². The average Bonchev–Trinajstić information content (AvgIpc) is 2.59. The first-order chi connectivity index (χ1) is 11.2. The van der Waals surface area contributed by atoms with E-state index in [2.05, 4.69) is 0 Å². The van der Waals surface area contributed by atoms with Crippen molar-refractivity contribution in [3.63, 3.8) is 0 Å². The van der Waals surface area contributed by atoms with E-state index in [0.717, 1.165) is 16.3 Å². The highest BCUT2D eigenvalue weighted by molar-refractivity contribution is 5.88. The Hall–Kier alpha value is -2.85. The summed E-state index contributed by atoms with van der Waals surface area (Å²) < 4.78 is 5.86. The van der Waals surface area contributed by atoms with Crippen molar-refractivity contribution >= 4 is 16.7 Å². The molecule has 0 radical (unpaired) electrons. The highest BCUT2D eigenvalue weighted by Gasteiger charge is 2.24. The van der Waals surface area contributed by atoms with E-state index in [1.807, 2.05) is 48.5 Å². The Labute approximate surface area is 134 Å². The predicted octanol–water partition coefficient (Wildman–Crippen LogP) is 3.50. The summed E-state index contributed by atoms with van der Waals surface area (Å²) in [4.78, 5) is 11.7. The first-order valence-corrected chi connectivity index (χ1v) is 7.36. The molecule has 0 aliphatic heterocycles. The Bertz CT molecular complexity index is 839. The minimum absolute atomic E-state index is 0.263. The zero-order valence-corrected chi connectivity index (χ0v) is 12.5. The van der Waals surface area contributed by atoms with Gasteiger partial charge in [0.15, 0.2) is 0 Å². The van der Waals surface area contributed by atoms with Crippen molar-refractivity contribution in [3.05, 3.63) is 77.9 Å². The second kappa shape index (κ2) is 6.50. The predicted molar refractivity (Wildman–Crippen MR) is 89.3 cm³/mol. The van der Waals surface area contributed by atoms with E-state index >= 15 is 0 Å². The molecule has 4 heteroatoms. The summed E-state index contributed by atoms with van der Waals surface area (Å²) in [5, 5.41) is 11.5. The van der Waals surface area contributed by atoms with E-state index in [4.69, 9.17) is 10.5 Å². The van der Waals surface area contributed by atoms with Gasteiger partial charge < -0.3 is 15.6 Å². The van der Waals surface area contributed by atoms with Gasteiger partial charge in [-0.2, -0.15) is 0 Å². The van der Waals surface area contributed by atoms with Gasteiger partial charge in [-0.15, -0.1) is 0 Å². The molecule has 0 saturated carbocycles. The van der Waals surface area contributed by atoms with Crippen molar-refractivity contribution < 1.29 is 14.6 Å². The number of ether oxygens (including phenoxy) is 1. The number of rotatable bonds is 5. The van der Waals surface area contributed by atoms with Gasteiger partial charge in [0.1, 0.15) is 5.75 Å². The molecule has 0 saturated heterocycles. The molecule has 0 aliphatic rings. The first kappa shape index (κ1) is 15.1. The van der Waals surface area contributed by atoms with Crippen LogP contribution in [-0.4, -0.2) is 11.1 Å². The molecule has 23 heavy (non-hydrogen) atoms. The SMILES string of the molecule is NCc1ccccc1C(Oc1cccc2ccccc12)C(=O)O. The van der Waals surface area contributed by atoms with E-state index in [9.17, 15) is 9.90 Å². The number of hydrogen-bond acceptors (Lipinski definition) is 3. The second-order valence-electron chi connectivity index (χ2n) is 5.22. The smallest absolute Gasteiger partial charge is 0.349 e.